The Bertz CT molecular complexity index is 1090. The third kappa shape index (κ3) is 5.20. The van der Waals surface area contributed by atoms with Gasteiger partial charge in [-0.3, -0.25) is 19.2 Å². The van der Waals surface area contributed by atoms with Crippen molar-refractivity contribution < 1.29 is 23.6 Å². The van der Waals surface area contributed by atoms with E-state index in [9.17, 15) is 19.2 Å². The number of furan rings is 1. The molecule has 0 fully saturated rings. The average molecular weight is 405 g/mol. The fourth-order valence-electron chi connectivity index (χ4n) is 2.71. The zero-order valence-electron chi connectivity index (χ0n) is 16.1. The number of hydrogen-bond donors (Lipinski definition) is 3. The molecule has 8 nitrogen and oxygen atoms in total. The molecule has 0 bridgehead atoms. The predicted octanol–water partition coefficient (Wildman–Crippen LogP) is 2.99. The Balaban J connectivity index is 1.68. The van der Waals surface area contributed by atoms with Crippen molar-refractivity contribution >= 4 is 34.9 Å². The highest BCUT2D eigenvalue weighted by atomic mass is 16.3. The summed E-state index contributed by atoms with van der Waals surface area (Å²) in [4.78, 5) is 48.6. The standard InChI is InChI=1S/C22H19N3O5/c1-14(26)24-19-10-3-2-9-18(19)20(27)22(29)25-16-7-4-6-15(12-16)21(28)23-13-17-8-5-11-30-17/h2-12H,13H2,1H3,(H,23,28)(H,24,26)(H,25,29). The number of amides is 3. The van der Waals surface area contributed by atoms with E-state index in [1.165, 1.54) is 31.4 Å². The molecule has 0 atom stereocenters. The Labute approximate surface area is 172 Å². The van der Waals surface area contributed by atoms with Crippen LogP contribution >= 0.6 is 0 Å². The van der Waals surface area contributed by atoms with Crippen molar-refractivity contribution in [3.63, 3.8) is 0 Å². The molecule has 0 unspecified atom stereocenters. The molecule has 30 heavy (non-hydrogen) atoms. The van der Waals surface area contributed by atoms with Gasteiger partial charge >= 0.3 is 0 Å². The molecule has 3 N–H and O–H groups in total. The second-order valence-corrected chi connectivity index (χ2v) is 6.35. The molecule has 8 heteroatoms. The van der Waals surface area contributed by atoms with Crippen molar-refractivity contribution in [3.05, 3.63) is 83.8 Å². The molecule has 3 rings (SSSR count). The highest BCUT2D eigenvalue weighted by Gasteiger charge is 2.20. The first-order chi connectivity index (χ1) is 14.4. The van der Waals surface area contributed by atoms with E-state index in [-0.39, 0.29) is 35.3 Å². The fourth-order valence-corrected chi connectivity index (χ4v) is 2.71. The molecule has 3 amide bonds. The number of rotatable bonds is 7. The summed E-state index contributed by atoms with van der Waals surface area (Å²) in [6.45, 7) is 1.53. The topological polar surface area (TPSA) is 118 Å². The van der Waals surface area contributed by atoms with E-state index in [2.05, 4.69) is 16.0 Å². The maximum Gasteiger partial charge on any atom is 0.296 e. The highest BCUT2D eigenvalue weighted by Crippen LogP contribution is 2.17. The van der Waals surface area contributed by atoms with Crippen LogP contribution in [0, 0.1) is 0 Å². The molecule has 0 radical (unpaired) electrons. The van der Waals surface area contributed by atoms with Gasteiger partial charge in [-0.1, -0.05) is 18.2 Å². The predicted molar refractivity (Wildman–Crippen MR) is 110 cm³/mol. The van der Waals surface area contributed by atoms with Gasteiger partial charge < -0.3 is 20.4 Å². The summed E-state index contributed by atoms with van der Waals surface area (Å²) in [6, 6.07) is 15.9. The first kappa shape index (κ1) is 20.5. The lowest BCUT2D eigenvalue weighted by molar-refractivity contribution is -0.114. The molecule has 0 saturated heterocycles. The number of nitrogens with one attached hydrogen (secondary N) is 3. The zero-order chi connectivity index (χ0) is 21.5. The van der Waals surface area contributed by atoms with E-state index in [4.69, 9.17) is 4.42 Å². The first-order valence-corrected chi connectivity index (χ1v) is 9.07. The zero-order valence-corrected chi connectivity index (χ0v) is 16.1. The van der Waals surface area contributed by atoms with Crippen LogP contribution in [0.2, 0.25) is 0 Å². The second-order valence-electron chi connectivity index (χ2n) is 6.35. The van der Waals surface area contributed by atoms with Gasteiger partial charge in [-0.05, 0) is 42.5 Å². The van der Waals surface area contributed by atoms with Crippen LogP contribution in [0.1, 0.15) is 33.4 Å². The molecule has 152 valence electrons. The van der Waals surface area contributed by atoms with E-state index in [0.717, 1.165) is 0 Å². The van der Waals surface area contributed by atoms with E-state index in [0.29, 0.717) is 11.3 Å². The van der Waals surface area contributed by atoms with Gasteiger partial charge in [0.15, 0.2) is 0 Å². The SMILES string of the molecule is CC(=O)Nc1ccccc1C(=O)C(=O)Nc1cccc(C(=O)NCc2ccco2)c1. The Morgan fingerprint density at radius 3 is 2.43 bits per heavy atom. The molecule has 0 spiro atoms. The van der Waals surface area contributed by atoms with Crippen molar-refractivity contribution in [2.45, 2.75) is 13.5 Å². The number of anilines is 2. The smallest absolute Gasteiger partial charge is 0.296 e. The van der Waals surface area contributed by atoms with Crippen LogP contribution in [0.3, 0.4) is 0 Å². The molecular weight excluding hydrogens is 386 g/mol. The van der Waals surface area contributed by atoms with E-state index in [1.807, 2.05) is 0 Å². The molecule has 1 aromatic heterocycles. The summed E-state index contributed by atoms with van der Waals surface area (Å²) in [5.41, 5.74) is 0.912. The van der Waals surface area contributed by atoms with Crippen LogP contribution < -0.4 is 16.0 Å². The van der Waals surface area contributed by atoms with Crippen molar-refractivity contribution in [2.75, 3.05) is 10.6 Å². The molecule has 0 aliphatic heterocycles. The summed E-state index contributed by atoms with van der Waals surface area (Å²) in [5.74, 6) is -1.81. The van der Waals surface area contributed by atoms with E-state index >= 15 is 0 Å². The minimum absolute atomic E-state index is 0.0672. The minimum Gasteiger partial charge on any atom is -0.467 e. The average Bonchev–Trinajstić information content (AvgIpc) is 3.25. The highest BCUT2D eigenvalue weighted by molar-refractivity contribution is 6.47. The third-order valence-corrected chi connectivity index (χ3v) is 4.07. The van der Waals surface area contributed by atoms with Gasteiger partial charge in [0, 0.05) is 18.2 Å². The second kappa shape index (κ2) is 9.33. The summed E-state index contributed by atoms with van der Waals surface area (Å²) in [7, 11) is 0. The van der Waals surface area contributed by atoms with E-state index in [1.54, 1.807) is 42.5 Å². The van der Waals surface area contributed by atoms with Gasteiger partial charge in [-0.15, -0.1) is 0 Å². The van der Waals surface area contributed by atoms with Crippen LogP contribution in [0.4, 0.5) is 11.4 Å². The van der Waals surface area contributed by atoms with Crippen molar-refractivity contribution in [1.29, 1.82) is 0 Å². The number of para-hydroxylation sites is 1. The summed E-state index contributed by atoms with van der Waals surface area (Å²) >= 11 is 0. The van der Waals surface area contributed by atoms with Crippen LogP contribution in [-0.2, 0) is 16.1 Å². The van der Waals surface area contributed by atoms with Crippen molar-refractivity contribution in [1.82, 2.24) is 5.32 Å². The van der Waals surface area contributed by atoms with Crippen LogP contribution in [0.5, 0.6) is 0 Å². The molecule has 1 heterocycles. The Kier molecular flexibility index (Phi) is 6.39. The number of benzene rings is 2. The summed E-state index contributed by atoms with van der Waals surface area (Å²) < 4.78 is 5.16. The Morgan fingerprint density at radius 2 is 1.70 bits per heavy atom. The molecule has 3 aromatic rings. The molecule has 2 aromatic carbocycles. The maximum absolute atomic E-state index is 12.6. The van der Waals surface area contributed by atoms with Crippen molar-refractivity contribution in [2.24, 2.45) is 0 Å². The normalized spacial score (nSPS) is 10.2. The van der Waals surface area contributed by atoms with Crippen molar-refractivity contribution in [3.8, 4) is 0 Å². The fraction of sp³-hybridized carbons (Fsp3) is 0.0909. The van der Waals surface area contributed by atoms with Crippen LogP contribution in [0.25, 0.3) is 0 Å². The van der Waals surface area contributed by atoms with Gasteiger partial charge in [0.05, 0.1) is 24.1 Å². The van der Waals surface area contributed by atoms with Gasteiger partial charge in [0.25, 0.3) is 17.6 Å². The van der Waals surface area contributed by atoms with Crippen LogP contribution in [-0.4, -0.2) is 23.5 Å². The van der Waals surface area contributed by atoms with Gasteiger partial charge in [-0.2, -0.15) is 0 Å². The lowest BCUT2D eigenvalue weighted by atomic mass is 10.1. The molecule has 0 aliphatic carbocycles. The minimum atomic E-state index is -0.888. The third-order valence-electron chi connectivity index (χ3n) is 4.07. The monoisotopic (exact) mass is 405 g/mol. The quantitative estimate of drug-likeness (QED) is 0.413. The Morgan fingerprint density at radius 1 is 0.900 bits per heavy atom. The summed E-state index contributed by atoms with van der Waals surface area (Å²) in [6.07, 6.45) is 1.51. The van der Waals surface area contributed by atoms with Gasteiger partial charge in [0.2, 0.25) is 5.91 Å². The van der Waals surface area contributed by atoms with Gasteiger partial charge in [-0.25, -0.2) is 0 Å². The molecule has 0 saturated carbocycles. The first-order valence-electron chi connectivity index (χ1n) is 9.07. The molecular formula is C22H19N3O5. The summed E-state index contributed by atoms with van der Waals surface area (Å²) in [5, 5.41) is 7.71. The largest absolute Gasteiger partial charge is 0.467 e. The number of ketones is 1. The maximum atomic E-state index is 12.6. The number of carbonyl (C=O) groups is 4. The van der Waals surface area contributed by atoms with Gasteiger partial charge in [0.1, 0.15) is 5.76 Å². The number of hydrogen-bond acceptors (Lipinski definition) is 5. The van der Waals surface area contributed by atoms with E-state index < -0.39 is 11.7 Å². The molecule has 0 aliphatic rings. The lowest BCUT2D eigenvalue weighted by Crippen LogP contribution is -2.25. The number of carbonyl (C=O) groups excluding carboxylic acids is 4. The van der Waals surface area contributed by atoms with Crippen LogP contribution in [0.15, 0.2) is 71.3 Å². The Hall–Kier alpha value is -4.20. The number of Topliss-reactive ketones (excluding diaryl/α,β-unsaturated/α-hetero) is 1. The lowest BCUT2D eigenvalue weighted by Gasteiger charge is -2.10.